The molecule has 63 heavy (non-hydrogen) atoms. The molecule has 0 N–H and O–H groups in total. The summed E-state index contributed by atoms with van der Waals surface area (Å²) in [6.07, 6.45) is 6.66. The van der Waals surface area contributed by atoms with Gasteiger partial charge in [-0.1, -0.05) is 189 Å². The molecule has 1 aliphatic rings. The van der Waals surface area contributed by atoms with Crippen molar-refractivity contribution in [2.24, 2.45) is 0 Å². The van der Waals surface area contributed by atoms with Crippen LogP contribution in [0.25, 0.3) is 66.1 Å². The van der Waals surface area contributed by atoms with Crippen molar-refractivity contribution in [1.82, 2.24) is 9.13 Å². The Morgan fingerprint density at radius 3 is 1.44 bits per heavy atom. The van der Waals surface area contributed by atoms with Gasteiger partial charge in [0.1, 0.15) is 0 Å². The van der Waals surface area contributed by atoms with E-state index in [2.05, 4.69) is 234 Å². The summed E-state index contributed by atoms with van der Waals surface area (Å²) in [5.74, 6) is 0.666. The van der Waals surface area contributed by atoms with Gasteiger partial charge in [0.2, 0.25) is 0 Å². The third kappa shape index (κ3) is 6.21. The fourth-order valence-corrected chi connectivity index (χ4v) is 16.0. The second kappa shape index (κ2) is 15.6. The van der Waals surface area contributed by atoms with Gasteiger partial charge in [0.15, 0.2) is 8.07 Å². The molecule has 2 heterocycles. The molecule has 1 saturated carbocycles. The third-order valence-corrected chi connectivity index (χ3v) is 18.8. The first-order valence-corrected chi connectivity index (χ1v) is 24.7. The Balaban J connectivity index is 1.06. The predicted octanol–water partition coefficient (Wildman–Crippen LogP) is 13.0. The quantitative estimate of drug-likeness (QED) is 0.107. The largest absolute Gasteiger partial charge is 0.309 e. The summed E-state index contributed by atoms with van der Waals surface area (Å²) in [7, 11) is -2.87. The molecule has 2 nitrogen and oxygen atoms in total. The summed E-state index contributed by atoms with van der Waals surface area (Å²) in [4.78, 5) is 0. The van der Waals surface area contributed by atoms with Crippen LogP contribution < -0.4 is 20.7 Å². The lowest BCUT2D eigenvalue weighted by Gasteiger charge is -2.35. The minimum Gasteiger partial charge on any atom is -0.309 e. The minimum atomic E-state index is -2.87. The number of fused-ring (bicyclic) bond motifs is 6. The van der Waals surface area contributed by atoms with Gasteiger partial charge in [-0.05, 0) is 111 Å². The fourth-order valence-electron chi connectivity index (χ4n) is 11.2. The van der Waals surface area contributed by atoms with E-state index in [4.69, 9.17) is 0 Å². The molecule has 302 valence electrons. The van der Waals surface area contributed by atoms with E-state index in [9.17, 15) is 0 Å². The summed E-state index contributed by atoms with van der Waals surface area (Å²) in [5, 5.41) is 10.6. The van der Waals surface area contributed by atoms with E-state index in [-0.39, 0.29) is 0 Å². The van der Waals surface area contributed by atoms with Gasteiger partial charge in [-0.3, -0.25) is 0 Å². The molecule has 0 aliphatic heterocycles. The molecule has 1 fully saturated rings. The summed E-state index contributed by atoms with van der Waals surface area (Å²) in [6.45, 7) is 0. The highest BCUT2D eigenvalue weighted by Crippen LogP contribution is 2.40. The highest BCUT2D eigenvalue weighted by Gasteiger charge is 2.42. The maximum absolute atomic E-state index is 2.87. The molecule has 0 radical (unpaired) electrons. The van der Waals surface area contributed by atoms with Gasteiger partial charge >= 0.3 is 0 Å². The number of aromatic nitrogens is 2. The number of para-hydroxylation sites is 2. The molecular formula is C60H48N2Si. The molecule has 1 aliphatic carbocycles. The number of benzene rings is 9. The van der Waals surface area contributed by atoms with Crippen LogP contribution in [0.15, 0.2) is 224 Å². The van der Waals surface area contributed by atoms with E-state index >= 15 is 0 Å². The van der Waals surface area contributed by atoms with Crippen molar-refractivity contribution >= 4 is 72.4 Å². The molecule has 11 aromatic rings. The highest BCUT2D eigenvalue weighted by atomic mass is 28.3. The van der Waals surface area contributed by atoms with Crippen LogP contribution in [-0.4, -0.2) is 17.2 Å². The fraction of sp³-hybridized carbons (Fsp3) is 0.100. The molecule has 12 rings (SSSR count). The molecule has 0 spiro atoms. The Labute approximate surface area is 370 Å². The van der Waals surface area contributed by atoms with Gasteiger partial charge in [0.25, 0.3) is 0 Å². The van der Waals surface area contributed by atoms with Crippen LogP contribution in [0.1, 0.15) is 43.6 Å². The molecule has 0 unspecified atom stereocenters. The maximum atomic E-state index is 2.51. The Morgan fingerprint density at radius 1 is 0.317 bits per heavy atom. The topological polar surface area (TPSA) is 9.86 Å². The average Bonchev–Trinajstić information content (AvgIpc) is 3.88. The Kier molecular flexibility index (Phi) is 9.30. The Hall–Kier alpha value is -7.20. The first-order chi connectivity index (χ1) is 31.3. The minimum absolute atomic E-state index is 0.666. The lowest BCUT2D eigenvalue weighted by atomic mass is 9.84. The average molecular weight is 825 g/mol. The zero-order valence-corrected chi connectivity index (χ0v) is 36.4. The Bertz CT molecular complexity index is 3390. The van der Waals surface area contributed by atoms with Crippen molar-refractivity contribution in [2.75, 3.05) is 0 Å². The zero-order valence-electron chi connectivity index (χ0n) is 35.4. The number of rotatable bonds is 8. The molecule has 9 aromatic carbocycles. The van der Waals surface area contributed by atoms with E-state index in [1.54, 1.807) is 0 Å². The number of hydrogen-bond donors (Lipinski definition) is 0. The molecule has 2 aromatic heterocycles. The zero-order chi connectivity index (χ0) is 41.7. The summed E-state index contributed by atoms with van der Waals surface area (Å²) < 4.78 is 4.99. The van der Waals surface area contributed by atoms with Gasteiger partial charge in [-0.25, -0.2) is 0 Å². The van der Waals surface area contributed by atoms with Gasteiger partial charge in [-0.15, -0.1) is 0 Å². The van der Waals surface area contributed by atoms with Crippen molar-refractivity contribution in [3.05, 3.63) is 230 Å². The SMILES string of the molecule is c1ccc(-c2cccc([Si](c3ccccc3)(c3ccccc3)c3cccc(-n4c5ccccc5c5cc(-n6c7ccccc7c7cc(C8CCCCC8)ccc76)ccc54)c3)c2)cc1. The summed E-state index contributed by atoms with van der Waals surface area (Å²) in [6, 6.07) is 84.5. The normalized spacial score (nSPS) is 13.7. The first kappa shape index (κ1) is 37.5. The molecule has 0 amide bonds. The van der Waals surface area contributed by atoms with Crippen LogP contribution in [-0.2, 0) is 0 Å². The second-order valence-corrected chi connectivity index (χ2v) is 21.3. The van der Waals surface area contributed by atoms with Crippen molar-refractivity contribution in [3.63, 3.8) is 0 Å². The van der Waals surface area contributed by atoms with Crippen LogP contribution in [0.4, 0.5) is 0 Å². The standard InChI is InChI=1S/C60H48N2Si/c1-5-19-43(20-6-1)45-23-17-29-51(39-45)63(49-25-9-3-10-26-49,50-27-11-4-12-28-50)52-30-18-24-47(41-52)61-58-34-16-14-32-54(58)56-42-48(36-38-60(56)61)62-57-33-15-13-31-53(57)55-40-46(35-37-59(55)62)44-21-7-2-8-22-44/h1,3-6,9-20,23-42,44H,2,7-8,21-22H2. The van der Waals surface area contributed by atoms with E-state index in [0.29, 0.717) is 5.92 Å². The van der Waals surface area contributed by atoms with Crippen molar-refractivity contribution in [2.45, 2.75) is 38.0 Å². The van der Waals surface area contributed by atoms with E-state index < -0.39 is 8.07 Å². The highest BCUT2D eigenvalue weighted by molar-refractivity contribution is 7.20. The molecule has 0 atom stereocenters. The lowest BCUT2D eigenvalue weighted by molar-refractivity contribution is 0.444. The van der Waals surface area contributed by atoms with Crippen LogP contribution in [0.2, 0.25) is 0 Å². The van der Waals surface area contributed by atoms with Crippen LogP contribution in [0.3, 0.4) is 0 Å². The van der Waals surface area contributed by atoms with Gasteiger partial charge in [0.05, 0.1) is 22.1 Å². The van der Waals surface area contributed by atoms with E-state index in [0.717, 1.165) is 0 Å². The Morgan fingerprint density at radius 2 is 0.794 bits per heavy atom. The van der Waals surface area contributed by atoms with Crippen LogP contribution in [0.5, 0.6) is 0 Å². The van der Waals surface area contributed by atoms with Gasteiger partial charge < -0.3 is 9.13 Å². The van der Waals surface area contributed by atoms with E-state index in [1.807, 2.05) is 0 Å². The van der Waals surface area contributed by atoms with Gasteiger partial charge in [0, 0.05) is 32.9 Å². The molecule has 0 bridgehead atoms. The van der Waals surface area contributed by atoms with Crippen LogP contribution in [0, 0.1) is 0 Å². The smallest absolute Gasteiger partial charge is 0.179 e. The van der Waals surface area contributed by atoms with E-state index in [1.165, 1.54) is 125 Å². The maximum Gasteiger partial charge on any atom is 0.179 e. The summed E-state index contributed by atoms with van der Waals surface area (Å²) in [5.41, 5.74) is 11.3. The summed E-state index contributed by atoms with van der Waals surface area (Å²) >= 11 is 0. The molecule has 3 heteroatoms. The van der Waals surface area contributed by atoms with Crippen molar-refractivity contribution < 1.29 is 0 Å². The number of nitrogens with zero attached hydrogens (tertiary/aromatic N) is 2. The lowest BCUT2D eigenvalue weighted by Crippen LogP contribution is -2.74. The predicted molar refractivity (Wildman–Crippen MR) is 270 cm³/mol. The second-order valence-electron chi connectivity index (χ2n) is 17.5. The molecular weight excluding hydrogens is 777 g/mol. The monoisotopic (exact) mass is 824 g/mol. The third-order valence-electron chi connectivity index (χ3n) is 14.0. The van der Waals surface area contributed by atoms with Crippen molar-refractivity contribution in [1.29, 1.82) is 0 Å². The van der Waals surface area contributed by atoms with Crippen LogP contribution >= 0.6 is 0 Å². The molecule has 0 saturated heterocycles. The van der Waals surface area contributed by atoms with Crippen molar-refractivity contribution in [3.8, 4) is 22.5 Å². The number of hydrogen-bond acceptors (Lipinski definition) is 0. The van der Waals surface area contributed by atoms with Gasteiger partial charge in [-0.2, -0.15) is 0 Å². The first-order valence-electron chi connectivity index (χ1n) is 22.7.